The molecule has 3 heteroatoms. The number of ether oxygens (including phenoxy) is 1. The third-order valence-electron chi connectivity index (χ3n) is 3.31. The van der Waals surface area contributed by atoms with Gasteiger partial charge in [-0.2, -0.15) is 0 Å². The van der Waals surface area contributed by atoms with Crippen LogP contribution in [0.4, 0.5) is 0 Å². The van der Waals surface area contributed by atoms with E-state index in [0.29, 0.717) is 6.04 Å². The Bertz CT molecular complexity index is 226. The third-order valence-corrected chi connectivity index (χ3v) is 3.31. The molecule has 1 fully saturated rings. The van der Waals surface area contributed by atoms with Crippen LogP contribution in [0, 0.1) is 5.41 Å². The minimum atomic E-state index is -0.382. The minimum absolute atomic E-state index is 0.107. The fraction of sp³-hybridized carbons (Fsp3) is 0.917. The van der Waals surface area contributed by atoms with Crippen LogP contribution >= 0.6 is 0 Å². The van der Waals surface area contributed by atoms with Gasteiger partial charge in [0.25, 0.3) is 0 Å². The molecule has 0 aromatic carbocycles. The lowest BCUT2D eigenvalue weighted by Gasteiger charge is -2.31. The lowest BCUT2D eigenvalue weighted by atomic mass is 9.92. The number of likely N-dealkylation sites (tertiary alicyclic amines) is 1. The summed E-state index contributed by atoms with van der Waals surface area (Å²) in [5.74, 6) is -0.107. The number of hydrogen-bond acceptors (Lipinski definition) is 3. The number of rotatable bonds is 4. The fourth-order valence-electron chi connectivity index (χ4n) is 2.41. The van der Waals surface area contributed by atoms with Crippen molar-refractivity contribution in [2.75, 3.05) is 20.2 Å². The second-order valence-corrected chi connectivity index (χ2v) is 5.05. The summed E-state index contributed by atoms with van der Waals surface area (Å²) in [4.78, 5) is 14.0. The molecule has 0 amide bonds. The second kappa shape index (κ2) is 4.97. The van der Waals surface area contributed by atoms with Crippen LogP contribution in [0.25, 0.3) is 0 Å². The van der Waals surface area contributed by atoms with Gasteiger partial charge in [0, 0.05) is 12.6 Å². The summed E-state index contributed by atoms with van der Waals surface area (Å²) in [6, 6.07) is 0.661. The maximum Gasteiger partial charge on any atom is 0.312 e. The SMILES string of the molecule is CCC1CCCN1CC(C)(C)C(=O)OC. The van der Waals surface area contributed by atoms with E-state index in [4.69, 9.17) is 4.74 Å². The van der Waals surface area contributed by atoms with Crippen LogP contribution in [0.5, 0.6) is 0 Å². The van der Waals surface area contributed by atoms with Gasteiger partial charge in [0.2, 0.25) is 0 Å². The maximum atomic E-state index is 11.6. The Labute approximate surface area is 92.8 Å². The number of methoxy groups -OCH3 is 1. The highest BCUT2D eigenvalue weighted by atomic mass is 16.5. The average Bonchev–Trinajstić information content (AvgIpc) is 2.63. The van der Waals surface area contributed by atoms with Gasteiger partial charge in [-0.15, -0.1) is 0 Å². The van der Waals surface area contributed by atoms with Crippen molar-refractivity contribution in [1.82, 2.24) is 4.90 Å². The topological polar surface area (TPSA) is 29.5 Å². The first-order chi connectivity index (χ1) is 7.01. The highest BCUT2D eigenvalue weighted by Gasteiger charge is 2.34. The molecule has 0 aliphatic carbocycles. The summed E-state index contributed by atoms with van der Waals surface area (Å²) in [5, 5.41) is 0. The fourth-order valence-corrected chi connectivity index (χ4v) is 2.41. The van der Waals surface area contributed by atoms with Gasteiger partial charge in [-0.05, 0) is 39.7 Å². The largest absolute Gasteiger partial charge is 0.469 e. The van der Waals surface area contributed by atoms with Crippen molar-refractivity contribution >= 4 is 5.97 Å². The normalized spacial score (nSPS) is 23.1. The minimum Gasteiger partial charge on any atom is -0.469 e. The first kappa shape index (κ1) is 12.5. The van der Waals surface area contributed by atoms with E-state index in [1.54, 1.807) is 0 Å². The molecule has 0 N–H and O–H groups in total. The Hall–Kier alpha value is -0.570. The quantitative estimate of drug-likeness (QED) is 0.669. The van der Waals surface area contributed by atoms with Gasteiger partial charge in [-0.25, -0.2) is 0 Å². The number of esters is 1. The van der Waals surface area contributed by atoms with Crippen LogP contribution in [0.15, 0.2) is 0 Å². The van der Waals surface area contributed by atoms with E-state index in [2.05, 4.69) is 11.8 Å². The Morgan fingerprint density at radius 2 is 2.20 bits per heavy atom. The molecule has 1 heterocycles. The van der Waals surface area contributed by atoms with Crippen LogP contribution in [-0.2, 0) is 9.53 Å². The summed E-state index contributed by atoms with van der Waals surface area (Å²) < 4.78 is 4.83. The molecule has 0 aromatic heterocycles. The first-order valence-corrected chi connectivity index (χ1v) is 5.83. The standard InChI is InChI=1S/C12H23NO2/c1-5-10-7-6-8-13(10)9-12(2,3)11(14)15-4/h10H,5-9H2,1-4H3. The summed E-state index contributed by atoms with van der Waals surface area (Å²) in [6.45, 7) is 8.08. The van der Waals surface area contributed by atoms with E-state index >= 15 is 0 Å². The van der Waals surface area contributed by atoms with E-state index in [9.17, 15) is 4.79 Å². The Morgan fingerprint density at radius 1 is 1.53 bits per heavy atom. The van der Waals surface area contributed by atoms with Crippen molar-refractivity contribution in [3.8, 4) is 0 Å². The van der Waals surface area contributed by atoms with Crippen LogP contribution in [0.3, 0.4) is 0 Å². The first-order valence-electron chi connectivity index (χ1n) is 5.83. The number of nitrogens with zero attached hydrogens (tertiary/aromatic N) is 1. The molecule has 1 rings (SSSR count). The molecular formula is C12H23NO2. The molecule has 3 nitrogen and oxygen atoms in total. The summed E-state index contributed by atoms with van der Waals surface area (Å²) in [7, 11) is 1.46. The molecule has 0 radical (unpaired) electrons. The molecule has 0 aromatic rings. The molecule has 0 saturated carbocycles. The summed E-state index contributed by atoms with van der Waals surface area (Å²) >= 11 is 0. The number of carbonyl (C=O) groups excluding carboxylic acids is 1. The highest BCUT2D eigenvalue weighted by molar-refractivity contribution is 5.76. The maximum absolute atomic E-state index is 11.6. The Balaban J connectivity index is 2.56. The number of carbonyl (C=O) groups is 1. The molecule has 88 valence electrons. The monoisotopic (exact) mass is 213 g/mol. The van der Waals surface area contributed by atoms with Gasteiger partial charge in [0.05, 0.1) is 12.5 Å². The molecule has 1 saturated heterocycles. The van der Waals surface area contributed by atoms with Gasteiger partial charge in [-0.1, -0.05) is 6.92 Å². The molecule has 15 heavy (non-hydrogen) atoms. The lowest BCUT2D eigenvalue weighted by Crippen LogP contribution is -2.41. The highest BCUT2D eigenvalue weighted by Crippen LogP contribution is 2.26. The predicted octanol–water partition coefficient (Wildman–Crippen LogP) is 2.06. The van der Waals surface area contributed by atoms with Crippen molar-refractivity contribution in [3.05, 3.63) is 0 Å². The van der Waals surface area contributed by atoms with Crippen molar-refractivity contribution < 1.29 is 9.53 Å². The van der Waals surface area contributed by atoms with Crippen molar-refractivity contribution in [3.63, 3.8) is 0 Å². The number of hydrogen-bond donors (Lipinski definition) is 0. The summed E-state index contributed by atoms with van der Waals surface area (Å²) in [5.41, 5.74) is -0.382. The van der Waals surface area contributed by atoms with Gasteiger partial charge in [0.15, 0.2) is 0 Å². The van der Waals surface area contributed by atoms with Gasteiger partial charge in [0.1, 0.15) is 0 Å². The smallest absolute Gasteiger partial charge is 0.312 e. The van der Waals surface area contributed by atoms with Gasteiger partial charge < -0.3 is 4.74 Å². The van der Waals surface area contributed by atoms with Crippen molar-refractivity contribution in [1.29, 1.82) is 0 Å². The average molecular weight is 213 g/mol. The Kier molecular flexibility index (Phi) is 4.14. The summed E-state index contributed by atoms with van der Waals surface area (Å²) in [6.07, 6.45) is 3.71. The van der Waals surface area contributed by atoms with Crippen LogP contribution in [0.2, 0.25) is 0 Å². The van der Waals surface area contributed by atoms with Crippen LogP contribution < -0.4 is 0 Å². The zero-order valence-corrected chi connectivity index (χ0v) is 10.4. The van der Waals surface area contributed by atoms with Gasteiger partial charge >= 0.3 is 5.97 Å². The molecule has 1 unspecified atom stereocenters. The molecular weight excluding hydrogens is 190 g/mol. The zero-order chi connectivity index (χ0) is 11.5. The lowest BCUT2D eigenvalue weighted by molar-refractivity contribution is -0.151. The van der Waals surface area contributed by atoms with E-state index in [1.165, 1.54) is 26.4 Å². The zero-order valence-electron chi connectivity index (χ0n) is 10.4. The van der Waals surface area contributed by atoms with Crippen molar-refractivity contribution in [2.24, 2.45) is 5.41 Å². The van der Waals surface area contributed by atoms with E-state index < -0.39 is 0 Å². The van der Waals surface area contributed by atoms with E-state index in [1.807, 2.05) is 13.8 Å². The van der Waals surface area contributed by atoms with E-state index in [0.717, 1.165) is 13.1 Å². The van der Waals surface area contributed by atoms with Gasteiger partial charge in [-0.3, -0.25) is 9.69 Å². The Morgan fingerprint density at radius 3 is 2.73 bits per heavy atom. The second-order valence-electron chi connectivity index (χ2n) is 5.05. The molecule has 0 bridgehead atoms. The predicted molar refractivity (Wildman–Crippen MR) is 60.7 cm³/mol. The van der Waals surface area contributed by atoms with E-state index in [-0.39, 0.29) is 11.4 Å². The van der Waals surface area contributed by atoms with Crippen LogP contribution in [0.1, 0.15) is 40.0 Å². The van der Waals surface area contributed by atoms with Crippen LogP contribution in [-0.4, -0.2) is 37.1 Å². The molecule has 0 spiro atoms. The molecule has 1 aliphatic rings. The van der Waals surface area contributed by atoms with Crippen molar-refractivity contribution in [2.45, 2.75) is 46.1 Å². The molecule has 1 atom stereocenters. The third kappa shape index (κ3) is 2.94. The molecule has 1 aliphatic heterocycles.